The van der Waals surface area contributed by atoms with Crippen LogP contribution in [0.3, 0.4) is 0 Å². The molecular weight excluding hydrogens is 274 g/mol. The van der Waals surface area contributed by atoms with Gasteiger partial charge in [0.05, 0.1) is 18.0 Å². The number of aromatic carboxylic acids is 1. The molecule has 0 saturated carbocycles. The van der Waals surface area contributed by atoms with E-state index in [0.717, 1.165) is 22.7 Å². The predicted molar refractivity (Wildman–Crippen MR) is 73.8 cm³/mol. The molecule has 0 saturated heterocycles. The van der Waals surface area contributed by atoms with Crippen molar-refractivity contribution in [2.24, 2.45) is 0 Å². The second-order valence-corrected chi connectivity index (χ2v) is 5.51. The number of thioether (sulfide) groups is 1. The van der Waals surface area contributed by atoms with Crippen LogP contribution in [-0.2, 0) is 9.53 Å². The summed E-state index contributed by atoms with van der Waals surface area (Å²) in [4.78, 5) is 22.8. The summed E-state index contributed by atoms with van der Waals surface area (Å²) in [6.07, 6.45) is 0. The first-order chi connectivity index (χ1) is 8.56. The molecule has 0 atom stereocenters. The van der Waals surface area contributed by atoms with E-state index in [-0.39, 0.29) is 16.5 Å². The van der Waals surface area contributed by atoms with Gasteiger partial charge >= 0.3 is 5.97 Å². The van der Waals surface area contributed by atoms with E-state index in [1.54, 1.807) is 19.4 Å². The molecular formula is C11H15NO4S2. The van der Waals surface area contributed by atoms with Crippen molar-refractivity contribution in [2.75, 3.05) is 30.5 Å². The van der Waals surface area contributed by atoms with Gasteiger partial charge in [-0.15, -0.1) is 23.1 Å². The lowest BCUT2D eigenvalue weighted by Crippen LogP contribution is -2.16. The number of amides is 1. The molecule has 1 aromatic rings. The first-order valence-electron chi connectivity index (χ1n) is 5.24. The van der Waals surface area contributed by atoms with Gasteiger partial charge in [0.25, 0.3) is 0 Å². The Morgan fingerprint density at radius 3 is 2.89 bits per heavy atom. The smallest absolute Gasteiger partial charge is 0.348 e. The van der Waals surface area contributed by atoms with Crippen LogP contribution in [0.1, 0.15) is 15.2 Å². The lowest BCUT2D eigenvalue weighted by atomic mass is 10.2. The summed E-state index contributed by atoms with van der Waals surface area (Å²) in [7, 11) is 1.61. The van der Waals surface area contributed by atoms with Gasteiger partial charge in [-0.3, -0.25) is 4.79 Å². The second kappa shape index (κ2) is 7.40. The molecule has 2 N–H and O–H groups in total. The highest BCUT2D eigenvalue weighted by atomic mass is 32.2. The largest absolute Gasteiger partial charge is 0.477 e. The van der Waals surface area contributed by atoms with Crippen molar-refractivity contribution in [1.29, 1.82) is 0 Å². The molecule has 1 rings (SSSR count). The SMILES string of the molecule is COCCSCC(=O)Nc1c(C)csc1C(=O)O. The van der Waals surface area contributed by atoms with E-state index in [9.17, 15) is 9.59 Å². The molecule has 1 heterocycles. The Balaban J connectivity index is 2.53. The number of ether oxygens (including phenoxy) is 1. The van der Waals surface area contributed by atoms with Gasteiger partial charge in [-0.25, -0.2) is 4.79 Å². The van der Waals surface area contributed by atoms with E-state index in [0.29, 0.717) is 12.3 Å². The third-order valence-electron chi connectivity index (χ3n) is 2.10. The van der Waals surface area contributed by atoms with Crippen LogP contribution in [0.4, 0.5) is 5.69 Å². The zero-order chi connectivity index (χ0) is 13.5. The van der Waals surface area contributed by atoms with Crippen LogP contribution < -0.4 is 5.32 Å². The normalized spacial score (nSPS) is 10.3. The van der Waals surface area contributed by atoms with Crippen LogP contribution in [0.15, 0.2) is 5.38 Å². The summed E-state index contributed by atoms with van der Waals surface area (Å²) in [5.74, 6) is -0.189. The third kappa shape index (κ3) is 4.32. The van der Waals surface area contributed by atoms with Crippen molar-refractivity contribution in [3.63, 3.8) is 0 Å². The second-order valence-electron chi connectivity index (χ2n) is 3.52. The average molecular weight is 289 g/mol. The van der Waals surface area contributed by atoms with Crippen molar-refractivity contribution < 1.29 is 19.4 Å². The van der Waals surface area contributed by atoms with E-state index in [1.807, 2.05) is 0 Å². The Morgan fingerprint density at radius 2 is 2.28 bits per heavy atom. The molecule has 0 unspecified atom stereocenters. The van der Waals surface area contributed by atoms with Crippen molar-refractivity contribution in [1.82, 2.24) is 0 Å². The zero-order valence-electron chi connectivity index (χ0n) is 10.2. The average Bonchev–Trinajstić information content (AvgIpc) is 2.67. The van der Waals surface area contributed by atoms with Crippen LogP contribution in [0, 0.1) is 6.92 Å². The zero-order valence-corrected chi connectivity index (χ0v) is 11.8. The molecule has 0 fully saturated rings. The number of carboxylic acid groups (broad SMARTS) is 1. The van der Waals surface area contributed by atoms with Crippen LogP contribution in [0.2, 0.25) is 0 Å². The molecule has 0 aliphatic rings. The highest BCUT2D eigenvalue weighted by molar-refractivity contribution is 7.99. The van der Waals surface area contributed by atoms with Gasteiger partial charge in [0.1, 0.15) is 4.88 Å². The highest BCUT2D eigenvalue weighted by Gasteiger charge is 2.16. The van der Waals surface area contributed by atoms with Crippen LogP contribution in [0.5, 0.6) is 0 Å². The lowest BCUT2D eigenvalue weighted by molar-refractivity contribution is -0.113. The molecule has 100 valence electrons. The molecule has 0 aliphatic carbocycles. The summed E-state index contributed by atoms with van der Waals surface area (Å²) < 4.78 is 4.87. The van der Waals surface area contributed by atoms with E-state index in [2.05, 4.69) is 5.32 Å². The Hall–Kier alpha value is -1.05. The van der Waals surface area contributed by atoms with Crippen molar-refractivity contribution in [3.8, 4) is 0 Å². The minimum Gasteiger partial charge on any atom is -0.477 e. The number of hydrogen-bond acceptors (Lipinski definition) is 5. The molecule has 7 heteroatoms. The Bertz CT molecular complexity index is 431. The number of methoxy groups -OCH3 is 1. The first-order valence-corrected chi connectivity index (χ1v) is 7.27. The Morgan fingerprint density at radius 1 is 1.56 bits per heavy atom. The van der Waals surface area contributed by atoms with E-state index >= 15 is 0 Å². The fourth-order valence-electron chi connectivity index (χ4n) is 1.24. The van der Waals surface area contributed by atoms with Gasteiger partial charge in [0.15, 0.2) is 0 Å². The predicted octanol–water partition coefficient (Wildman–Crippen LogP) is 2.07. The van der Waals surface area contributed by atoms with Crippen molar-refractivity contribution in [3.05, 3.63) is 15.8 Å². The monoisotopic (exact) mass is 289 g/mol. The van der Waals surface area contributed by atoms with Crippen LogP contribution >= 0.6 is 23.1 Å². The first kappa shape index (κ1) is 15.0. The molecule has 0 aliphatic heterocycles. The molecule has 0 bridgehead atoms. The molecule has 0 radical (unpaired) electrons. The number of carbonyl (C=O) groups is 2. The van der Waals surface area contributed by atoms with Gasteiger partial charge in [0.2, 0.25) is 5.91 Å². The van der Waals surface area contributed by atoms with Gasteiger partial charge in [0, 0.05) is 12.9 Å². The van der Waals surface area contributed by atoms with E-state index < -0.39 is 5.97 Å². The maximum Gasteiger partial charge on any atom is 0.348 e. The summed E-state index contributed by atoms with van der Waals surface area (Å²) in [6, 6.07) is 0. The number of thiophene rings is 1. The van der Waals surface area contributed by atoms with Crippen molar-refractivity contribution in [2.45, 2.75) is 6.92 Å². The minimum atomic E-state index is -1.02. The van der Waals surface area contributed by atoms with Crippen LogP contribution in [0.25, 0.3) is 0 Å². The van der Waals surface area contributed by atoms with E-state index in [4.69, 9.17) is 9.84 Å². The summed E-state index contributed by atoms with van der Waals surface area (Å²) in [6.45, 7) is 2.37. The maximum atomic E-state index is 11.6. The molecule has 0 aromatic carbocycles. The van der Waals surface area contributed by atoms with Gasteiger partial charge in [-0.05, 0) is 17.9 Å². The lowest BCUT2D eigenvalue weighted by Gasteiger charge is -2.06. The quantitative estimate of drug-likeness (QED) is 0.752. The number of rotatable bonds is 7. The molecule has 5 nitrogen and oxygen atoms in total. The summed E-state index contributed by atoms with van der Waals surface area (Å²) in [5.41, 5.74) is 1.18. The van der Waals surface area contributed by atoms with Gasteiger partial charge < -0.3 is 15.2 Å². The molecule has 18 heavy (non-hydrogen) atoms. The minimum absolute atomic E-state index is 0.169. The number of nitrogens with one attached hydrogen (secondary N) is 1. The third-order valence-corrected chi connectivity index (χ3v) is 4.11. The number of carboxylic acids is 1. The Labute approximate surface area is 114 Å². The molecule has 1 amide bonds. The van der Waals surface area contributed by atoms with Gasteiger partial charge in [-0.2, -0.15) is 0 Å². The maximum absolute atomic E-state index is 11.6. The Kier molecular flexibility index (Phi) is 6.17. The molecule has 1 aromatic heterocycles. The number of hydrogen-bond donors (Lipinski definition) is 2. The number of aryl methyl sites for hydroxylation is 1. The topological polar surface area (TPSA) is 75.6 Å². The van der Waals surface area contributed by atoms with Gasteiger partial charge in [-0.1, -0.05) is 0 Å². The molecule has 0 spiro atoms. The number of carbonyl (C=O) groups excluding carboxylic acids is 1. The van der Waals surface area contributed by atoms with E-state index in [1.165, 1.54) is 11.8 Å². The highest BCUT2D eigenvalue weighted by Crippen LogP contribution is 2.27. The summed E-state index contributed by atoms with van der Waals surface area (Å²) >= 11 is 2.56. The fourth-order valence-corrected chi connectivity index (χ4v) is 2.77. The number of anilines is 1. The van der Waals surface area contributed by atoms with Crippen molar-refractivity contribution >= 4 is 40.7 Å². The van der Waals surface area contributed by atoms with Crippen LogP contribution in [-0.4, -0.2) is 42.2 Å². The summed E-state index contributed by atoms with van der Waals surface area (Å²) in [5, 5.41) is 13.3. The fraction of sp³-hybridized carbons (Fsp3) is 0.455. The standard InChI is InChI=1S/C11H15NO4S2/c1-7-5-18-10(11(14)15)9(7)12-8(13)6-17-4-3-16-2/h5H,3-4,6H2,1-2H3,(H,12,13)(H,14,15).